The van der Waals surface area contributed by atoms with Gasteiger partial charge >= 0.3 is 12.0 Å². The number of nitrogens with one attached hydrogen (secondary N) is 2. The molecule has 0 bridgehead atoms. The molecule has 0 fully saturated rings. The van der Waals surface area contributed by atoms with Gasteiger partial charge in [0.05, 0.1) is 17.7 Å². The van der Waals surface area contributed by atoms with E-state index in [0.717, 1.165) is 0 Å². The molecule has 36 heavy (non-hydrogen) atoms. The summed E-state index contributed by atoms with van der Waals surface area (Å²) in [5.74, 6) is 0.899. The van der Waals surface area contributed by atoms with Crippen molar-refractivity contribution in [3.05, 3.63) is 95.4 Å². The minimum absolute atomic E-state index is 0.141. The smallest absolute Gasteiger partial charge is 0.323 e. The number of anilines is 2. The van der Waals surface area contributed by atoms with Crippen LogP contribution in [0.3, 0.4) is 0 Å². The monoisotopic (exact) mass is 484 g/mol. The molecule has 9 heteroatoms. The first-order valence-electron chi connectivity index (χ1n) is 10.8. The van der Waals surface area contributed by atoms with Gasteiger partial charge < -0.3 is 21.1 Å². The van der Waals surface area contributed by atoms with E-state index in [0.29, 0.717) is 27.7 Å². The Bertz CT molecular complexity index is 1500. The van der Waals surface area contributed by atoms with Gasteiger partial charge in [0.25, 0.3) is 5.91 Å². The van der Waals surface area contributed by atoms with E-state index in [4.69, 9.17) is 16.9 Å². The van der Waals surface area contributed by atoms with Gasteiger partial charge in [-0.05, 0) is 48.5 Å². The number of hydrogen-bond donors (Lipinski definition) is 3. The summed E-state index contributed by atoms with van der Waals surface area (Å²) in [6.45, 7) is -0.424. The molecule has 0 radical (unpaired) electrons. The molecule has 2 amide bonds. The molecule has 0 atom stereocenters. The Morgan fingerprint density at radius 1 is 1.03 bits per heavy atom. The topological polar surface area (TPSA) is 115 Å². The summed E-state index contributed by atoms with van der Waals surface area (Å²) in [4.78, 5) is 37.6. The Balaban J connectivity index is 1.64. The van der Waals surface area contributed by atoms with Crippen molar-refractivity contribution in [2.45, 2.75) is 6.61 Å². The number of rotatable bonds is 6. The maximum Gasteiger partial charge on any atom is 0.323 e. The molecule has 1 aromatic heterocycles. The highest BCUT2D eigenvalue weighted by molar-refractivity contribution is 6.10. The van der Waals surface area contributed by atoms with Crippen LogP contribution < -0.4 is 16.4 Å². The lowest BCUT2D eigenvalue weighted by molar-refractivity contribution is -0.143. The first-order valence-corrected chi connectivity index (χ1v) is 10.8. The lowest BCUT2D eigenvalue weighted by Crippen LogP contribution is -2.19. The zero-order valence-corrected chi connectivity index (χ0v) is 19.0. The molecule has 180 valence electrons. The average molecular weight is 484 g/mol. The number of fused-ring (bicyclic) bond motifs is 1. The van der Waals surface area contributed by atoms with Crippen LogP contribution in [-0.2, 0) is 16.1 Å². The number of esters is 1. The summed E-state index contributed by atoms with van der Waals surface area (Å²) in [6.07, 6.45) is 6.76. The molecule has 8 nitrogen and oxygen atoms in total. The predicted molar refractivity (Wildman–Crippen MR) is 134 cm³/mol. The third-order valence-corrected chi connectivity index (χ3v) is 5.35. The van der Waals surface area contributed by atoms with Crippen molar-refractivity contribution >= 4 is 40.2 Å². The molecule has 0 unspecified atom stereocenters. The van der Waals surface area contributed by atoms with E-state index in [1.165, 1.54) is 29.0 Å². The number of halogens is 1. The van der Waals surface area contributed by atoms with E-state index < -0.39 is 23.7 Å². The summed E-state index contributed by atoms with van der Waals surface area (Å²) in [5, 5.41) is 5.66. The zero-order valence-electron chi connectivity index (χ0n) is 19.0. The Morgan fingerprint density at radius 2 is 1.78 bits per heavy atom. The highest BCUT2D eigenvalue weighted by Crippen LogP contribution is 2.28. The molecule has 4 rings (SSSR count). The van der Waals surface area contributed by atoms with Crippen LogP contribution >= 0.6 is 0 Å². The van der Waals surface area contributed by atoms with Gasteiger partial charge in [-0.1, -0.05) is 24.1 Å². The Hall–Kier alpha value is -4.94. The molecule has 3 aromatic carbocycles. The van der Waals surface area contributed by atoms with E-state index in [2.05, 4.69) is 16.6 Å². The number of terminal acetylenes is 1. The van der Waals surface area contributed by atoms with Gasteiger partial charge in [0.2, 0.25) is 0 Å². The highest BCUT2D eigenvalue weighted by Gasteiger charge is 2.20. The SMILES string of the molecule is C#Cc1ccc(NC(=O)Nc2cn(C(=O)c3ccccc3COC(=O)CN)c3ccc(F)cc23)cc1. The average Bonchev–Trinajstić information content (AvgIpc) is 3.24. The van der Waals surface area contributed by atoms with Crippen LogP contribution in [0.2, 0.25) is 0 Å². The van der Waals surface area contributed by atoms with Gasteiger partial charge in [-0.3, -0.25) is 14.2 Å². The summed E-state index contributed by atoms with van der Waals surface area (Å²) < 4.78 is 20.5. The minimum atomic E-state index is -0.606. The second-order valence-corrected chi connectivity index (χ2v) is 7.70. The van der Waals surface area contributed by atoms with Crippen molar-refractivity contribution in [1.82, 2.24) is 4.57 Å². The van der Waals surface area contributed by atoms with E-state index in [1.807, 2.05) is 0 Å². The van der Waals surface area contributed by atoms with Crippen molar-refractivity contribution < 1.29 is 23.5 Å². The lowest BCUT2D eigenvalue weighted by atomic mass is 10.1. The molecule has 0 saturated heterocycles. The van der Waals surface area contributed by atoms with Crippen LogP contribution in [-0.4, -0.2) is 29.0 Å². The maximum absolute atomic E-state index is 14.1. The van der Waals surface area contributed by atoms with E-state index in [9.17, 15) is 18.8 Å². The molecule has 0 spiro atoms. The molecule has 0 saturated carbocycles. The number of hydrogen-bond acceptors (Lipinski definition) is 5. The van der Waals surface area contributed by atoms with Crippen LogP contribution in [0.15, 0.2) is 72.9 Å². The van der Waals surface area contributed by atoms with Crippen LogP contribution in [0.5, 0.6) is 0 Å². The first kappa shape index (κ1) is 24.2. The van der Waals surface area contributed by atoms with Crippen LogP contribution in [0.1, 0.15) is 21.5 Å². The third kappa shape index (κ3) is 5.24. The van der Waals surface area contributed by atoms with Gasteiger partial charge in [0.1, 0.15) is 12.4 Å². The Kier molecular flexibility index (Phi) is 7.09. The quantitative estimate of drug-likeness (QED) is 0.282. The highest BCUT2D eigenvalue weighted by atomic mass is 19.1. The molecular formula is C27H21FN4O4. The van der Waals surface area contributed by atoms with Gasteiger partial charge in [0.15, 0.2) is 0 Å². The van der Waals surface area contributed by atoms with Crippen molar-refractivity contribution in [1.29, 1.82) is 0 Å². The number of carbonyl (C=O) groups excluding carboxylic acids is 3. The standard InChI is InChI=1S/C27H21FN4O4/c1-2-17-7-10-20(11-8-17)30-27(35)31-23-15-32(24-12-9-19(28)13-22(23)24)26(34)21-6-4-3-5-18(21)16-36-25(33)14-29/h1,3-13,15H,14,16,29H2,(H2,30,31,35). The Labute approximate surface area is 205 Å². The van der Waals surface area contributed by atoms with E-state index in [1.54, 1.807) is 48.5 Å². The van der Waals surface area contributed by atoms with Crippen molar-refractivity contribution in [3.63, 3.8) is 0 Å². The minimum Gasteiger partial charge on any atom is -0.460 e. The molecule has 4 aromatic rings. The van der Waals surface area contributed by atoms with E-state index >= 15 is 0 Å². The second kappa shape index (κ2) is 10.5. The summed E-state index contributed by atoms with van der Waals surface area (Å²) >= 11 is 0. The molecular weight excluding hydrogens is 463 g/mol. The van der Waals surface area contributed by atoms with Gasteiger partial charge in [-0.15, -0.1) is 6.42 Å². The van der Waals surface area contributed by atoms with Gasteiger partial charge in [0, 0.05) is 34.0 Å². The molecule has 0 aliphatic heterocycles. The zero-order chi connectivity index (χ0) is 25.7. The molecule has 0 aliphatic carbocycles. The van der Waals surface area contributed by atoms with Gasteiger partial charge in [-0.25, -0.2) is 9.18 Å². The summed E-state index contributed by atoms with van der Waals surface area (Å²) in [6, 6.07) is 16.6. The maximum atomic E-state index is 14.1. The number of urea groups is 1. The van der Waals surface area contributed by atoms with Crippen LogP contribution in [0.4, 0.5) is 20.6 Å². The number of nitrogens with zero attached hydrogens (tertiary/aromatic N) is 1. The third-order valence-electron chi connectivity index (χ3n) is 5.35. The van der Waals surface area contributed by atoms with Crippen molar-refractivity contribution in [2.24, 2.45) is 5.73 Å². The molecule has 4 N–H and O–H groups in total. The van der Waals surface area contributed by atoms with Crippen molar-refractivity contribution in [2.75, 3.05) is 17.2 Å². The fourth-order valence-corrected chi connectivity index (χ4v) is 3.61. The van der Waals surface area contributed by atoms with Crippen LogP contribution in [0, 0.1) is 18.2 Å². The molecule has 1 heterocycles. The fourth-order valence-electron chi connectivity index (χ4n) is 3.61. The Morgan fingerprint density at radius 3 is 2.50 bits per heavy atom. The number of aromatic nitrogens is 1. The van der Waals surface area contributed by atoms with Crippen LogP contribution in [0.25, 0.3) is 10.9 Å². The fraction of sp³-hybridized carbons (Fsp3) is 0.0741. The summed E-state index contributed by atoms with van der Waals surface area (Å²) in [5.41, 5.74) is 7.78. The first-order chi connectivity index (χ1) is 17.4. The number of amides is 2. The largest absolute Gasteiger partial charge is 0.460 e. The van der Waals surface area contributed by atoms with E-state index in [-0.39, 0.29) is 24.4 Å². The number of carbonyl (C=O) groups is 3. The van der Waals surface area contributed by atoms with Gasteiger partial charge in [-0.2, -0.15) is 0 Å². The predicted octanol–water partition coefficient (Wildman–Crippen LogP) is 4.10. The summed E-state index contributed by atoms with van der Waals surface area (Å²) in [7, 11) is 0. The number of ether oxygens (including phenoxy) is 1. The number of nitrogens with two attached hydrogens (primary N) is 1. The second-order valence-electron chi connectivity index (χ2n) is 7.70. The normalized spacial score (nSPS) is 10.5. The molecule has 0 aliphatic rings. The van der Waals surface area contributed by atoms with Crippen molar-refractivity contribution in [3.8, 4) is 12.3 Å². The lowest BCUT2D eigenvalue weighted by Gasteiger charge is -2.10. The number of benzene rings is 3.